The number of benzene rings is 1. The molecular formula is C11H13NO3S2. The maximum absolute atomic E-state index is 11.4. The predicted octanol–water partition coefficient (Wildman–Crippen LogP) is 4.14. The lowest BCUT2D eigenvalue weighted by molar-refractivity contribution is 0.143. The Morgan fingerprint density at radius 1 is 1.18 bits per heavy atom. The zero-order valence-corrected chi connectivity index (χ0v) is 11.1. The number of carbonyl (C=O) groups excluding carboxylic acids is 2. The van der Waals surface area contributed by atoms with Gasteiger partial charge in [-0.3, -0.25) is 4.79 Å². The summed E-state index contributed by atoms with van der Waals surface area (Å²) in [5.41, 5.74) is 0.697. The van der Waals surface area contributed by atoms with Crippen LogP contribution in [0, 0.1) is 0 Å². The first kappa shape index (κ1) is 13.9. The van der Waals surface area contributed by atoms with Gasteiger partial charge in [-0.2, -0.15) is 0 Å². The highest BCUT2D eigenvalue weighted by atomic mass is 33.1. The summed E-state index contributed by atoms with van der Waals surface area (Å²) < 4.78 is 4.87. The van der Waals surface area contributed by atoms with Crippen molar-refractivity contribution in [3.8, 4) is 0 Å². The van der Waals surface area contributed by atoms with E-state index in [1.807, 2.05) is 18.2 Å². The summed E-state index contributed by atoms with van der Waals surface area (Å²) in [6.45, 7) is 3.51. The third kappa shape index (κ3) is 6.23. The van der Waals surface area contributed by atoms with Crippen molar-refractivity contribution in [3.63, 3.8) is 0 Å². The van der Waals surface area contributed by atoms with E-state index in [0.717, 1.165) is 21.6 Å². The van der Waals surface area contributed by atoms with Crippen LogP contribution in [0.2, 0.25) is 0 Å². The Kier molecular flexibility index (Phi) is 5.93. The minimum absolute atomic E-state index is 0.173. The second-order valence-electron chi connectivity index (χ2n) is 3.36. The highest BCUT2D eigenvalue weighted by Gasteiger charge is 2.11. The van der Waals surface area contributed by atoms with Crippen LogP contribution in [0.1, 0.15) is 13.8 Å². The first-order chi connectivity index (χ1) is 8.08. The highest BCUT2D eigenvalue weighted by molar-refractivity contribution is 8.87. The Labute approximate surface area is 108 Å². The van der Waals surface area contributed by atoms with Crippen LogP contribution in [0.25, 0.3) is 0 Å². The monoisotopic (exact) mass is 271 g/mol. The van der Waals surface area contributed by atoms with Crippen molar-refractivity contribution < 1.29 is 14.3 Å². The SMILES string of the molecule is CC(C)OC(=O)SSC(=O)Nc1ccccc1. The molecule has 0 aliphatic carbocycles. The van der Waals surface area contributed by atoms with Crippen molar-refractivity contribution in [2.45, 2.75) is 20.0 Å². The first-order valence-electron chi connectivity index (χ1n) is 4.99. The summed E-state index contributed by atoms with van der Waals surface area (Å²) in [5, 5.41) is 1.88. The van der Waals surface area contributed by atoms with Crippen molar-refractivity contribution in [1.82, 2.24) is 0 Å². The topological polar surface area (TPSA) is 55.4 Å². The van der Waals surface area contributed by atoms with Crippen molar-refractivity contribution >= 4 is 37.8 Å². The fourth-order valence-corrected chi connectivity index (χ4v) is 2.15. The minimum Gasteiger partial charge on any atom is -0.454 e. The van der Waals surface area contributed by atoms with Gasteiger partial charge in [-0.25, -0.2) is 4.79 Å². The number of hydrogen-bond acceptors (Lipinski definition) is 5. The third-order valence-corrected chi connectivity index (χ3v) is 3.22. The number of nitrogens with one attached hydrogen (secondary N) is 1. The minimum atomic E-state index is -0.465. The Morgan fingerprint density at radius 3 is 2.41 bits per heavy atom. The maximum atomic E-state index is 11.4. The van der Waals surface area contributed by atoms with Gasteiger partial charge in [0.25, 0.3) is 5.24 Å². The van der Waals surface area contributed by atoms with Gasteiger partial charge in [-0.15, -0.1) is 0 Å². The van der Waals surface area contributed by atoms with Crippen LogP contribution < -0.4 is 5.32 Å². The number of carbonyl (C=O) groups is 2. The van der Waals surface area contributed by atoms with Crippen LogP contribution in [0.15, 0.2) is 30.3 Å². The molecule has 0 aromatic heterocycles. The number of amides is 1. The molecule has 0 saturated carbocycles. The molecule has 0 unspecified atom stereocenters. The van der Waals surface area contributed by atoms with E-state index < -0.39 is 5.30 Å². The molecule has 0 aliphatic rings. The summed E-state index contributed by atoms with van der Waals surface area (Å²) in [6.07, 6.45) is -0.173. The van der Waals surface area contributed by atoms with Gasteiger partial charge in [0.15, 0.2) is 0 Å². The summed E-state index contributed by atoms with van der Waals surface area (Å²) in [6, 6.07) is 9.05. The van der Waals surface area contributed by atoms with Crippen molar-refractivity contribution in [2.75, 3.05) is 5.32 Å². The number of para-hydroxylation sites is 1. The fourth-order valence-electron chi connectivity index (χ4n) is 0.944. The van der Waals surface area contributed by atoms with Gasteiger partial charge in [0, 0.05) is 27.3 Å². The molecule has 1 amide bonds. The van der Waals surface area contributed by atoms with Gasteiger partial charge in [0.1, 0.15) is 0 Å². The van der Waals surface area contributed by atoms with Crippen molar-refractivity contribution in [3.05, 3.63) is 30.3 Å². The average molecular weight is 271 g/mol. The fraction of sp³-hybridized carbons (Fsp3) is 0.273. The molecule has 6 heteroatoms. The molecule has 0 heterocycles. The van der Waals surface area contributed by atoms with E-state index in [1.165, 1.54) is 0 Å². The summed E-state index contributed by atoms with van der Waals surface area (Å²) in [5.74, 6) is 0. The molecule has 92 valence electrons. The standard InChI is InChI=1S/C11H13NO3S2/c1-8(2)15-11(14)17-16-10(13)12-9-6-4-3-5-7-9/h3-8H,1-2H3,(H,12,13). The lowest BCUT2D eigenvalue weighted by Crippen LogP contribution is -2.07. The second-order valence-corrected chi connectivity index (χ2v) is 5.40. The number of ether oxygens (including phenoxy) is 1. The normalized spacial score (nSPS) is 10.1. The molecule has 1 N–H and O–H groups in total. The zero-order valence-electron chi connectivity index (χ0n) is 9.51. The van der Waals surface area contributed by atoms with Gasteiger partial charge in [-0.1, -0.05) is 18.2 Å². The molecule has 1 aromatic rings. The Hall–Kier alpha value is -1.14. The van der Waals surface area contributed by atoms with E-state index in [4.69, 9.17) is 4.74 Å². The van der Waals surface area contributed by atoms with Crippen LogP contribution in [-0.4, -0.2) is 16.6 Å². The molecule has 17 heavy (non-hydrogen) atoms. The van der Waals surface area contributed by atoms with Crippen LogP contribution in [0.4, 0.5) is 15.3 Å². The van der Waals surface area contributed by atoms with E-state index in [2.05, 4.69) is 5.32 Å². The smallest absolute Gasteiger partial charge is 0.378 e. The lowest BCUT2D eigenvalue weighted by Gasteiger charge is -2.06. The highest BCUT2D eigenvalue weighted by Crippen LogP contribution is 2.26. The summed E-state index contributed by atoms with van der Waals surface area (Å²) in [7, 11) is 1.59. The molecule has 0 aliphatic heterocycles. The largest absolute Gasteiger partial charge is 0.454 e. The second kappa shape index (κ2) is 7.24. The lowest BCUT2D eigenvalue weighted by atomic mass is 10.3. The average Bonchev–Trinajstić information content (AvgIpc) is 2.27. The number of hydrogen-bond donors (Lipinski definition) is 1. The first-order valence-corrected chi connectivity index (χ1v) is 7.14. The van der Waals surface area contributed by atoms with Crippen molar-refractivity contribution in [1.29, 1.82) is 0 Å². The molecule has 0 atom stereocenters. The van der Waals surface area contributed by atoms with E-state index >= 15 is 0 Å². The third-order valence-electron chi connectivity index (χ3n) is 1.54. The van der Waals surface area contributed by atoms with E-state index in [0.29, 0.717) is 5.69 Å². The van der Waals surface area contributed by atoms with Gasteiger partial charge in [0.05, 0.1) is 6.10 Å². The van der Waals surface area contributed by atoms with Crippen LogP contribution >= 0.6 is 21.6 Å². The molecule has 0 radical (unpaired) electrons. The Morgan fingerprint density at radius 2 is 1.82 bits per heavy atom. The Balaban J connectivity index is 2.29. The van der Waals surface area contributed by atoms with Crippen LogP contribution in [0.5, 0.6) is 0 Å². The Bertz CT molecular complexity index is 382. The van der Waals surface area contributed by atoms with Gasteiger partial charge >= 0.3 is 5.30 Å². The predicted molar refractivity (Wildman–Crippen MR) is 72.3 cm³/mol. The maximum Gasteiger partial charge on any atom is 0.378 e. The van der Waals surface area contributed by atoms with Gasteiger partial charge < -0.3 is 10.1 Å². The van der Waals surface area contributed by atoms with E-state index in [-0.39, 0.29) is 11.3 Å². The molecule has 0 bridgehead atoms. The molecule has 0 fully saturated rings. The molecule has 0 spiro atoms. The number of rotatable bonds is 2. The van der Waals surface area contributed by atoms with Crippen molar-refractivity contribution in [2.24, 2.45) is 0 Å². The quantitative estimate of drug-likeness (QED) is 0.647. The van der Waals surface area contributed by atoms with Crippen LogP contribution in [0.3, 0.4) is 0 Å². The van der Waals surface area contributed by atoms with E-state index in [1.54, 1.807) is 26.0 Å². The summed E-state index contributed by atoms with van der Waals surface area (Å²) in [4.78, 5) is 22.6. The zero-order chi connectivity index (χ0) is 12.7. The van der Waals surface area contributed by atoms with Crippen LogP contribution in [-0.2, 0) is 4.74 Å². The molecule has 1 rings (SSSR count). The molecule has 1 aromatic carbocycles. The summed E-state index contributed by atoms with van der Waals surface area (Å²) >= 11 is 0. The number of anilines is 1. The van der Waals surface area contributed by atoms with Gasteiger partial charge in [-0.05, 0) is 26.0 Å². The molecule has 0 saturated heterocycles. The molecule has 4 nitrogen and oxygen atoms in total. The molecular weight excluding hydrogens is 258 g/mol. The van der Waals surface area contributed by atoms with E-state index in [9.17, 15) is 9.59 Å². The van der Waals surface area contributed by atoms with Gasteiger partial charge in [0.2, 0.25) is 0 Å².